The normalized spacial score (nSPS) is 19.2. The molecule has 1 atom stereocenters. The van der Waals surface area contributed by atoms with E-state index in [1.807, 2.05) is 55.5 Å². The fraction of sp³-hybridized carbons (Fsp3) is 0.391. The standard InChI is InChI=1S/C32H30ClF3O7SSi.C30H29ClO6Si.C25H34O2Si2/c1-18-8-10-22-26(14-18)45(12-6-5-7-13-45)27-15-19(43-44(39,40)32(34,35)36)9-11-23(27)31(22)24-16-21(29(38)41-30(2,3)4)25(33)17-20(24)28(37)42-31;1-29(2,3)36-28(35)20-15-23-19(16-24(20)31)27(34)37-30(23)21-9-7-17(32)13-25(21)38(11-5-4-6-12-38)26-14-18(33)8-10-22(26)30;1-18-10-12-20-22(16-18)29(14-8-7-9-15-29)23-17-19(11-13-21(23)24(20)26)27-28(5,6)25(2,3)4/h8-11,14-17H,5-7,12-13H2,1-4H3;7-10,13-16,32-33H,4-6,11-12H2,1-3H3;10-13,16-17H,7-9,14-15H2,1-6H3. The van der Waals surface area contributed by atoms with Crippen molar-refractivity contribution in [3.8, 4) is 23.0 Å². The maximum Gasteiger partial charge on any atom is 0.534 e. The molecule has 588 valence electrons. The van der Waals surface area contributed by atoms with E-state index in [4.69, 9.17) is 46.6 Å². The minimum absolute atomic E-state index is 0.00334. The Morgan fingerprint density at radius 1 is 0.455 bits per heavy atom. The van der Waals surface area contributed by atoms with Crippen LogP contribution in [0.5, 0.6) is 23.0 Å². The zero-order valence-corrected chi connectivity index (χ0v) is 71.6. The summed E-state index contributed by atoms with van der Waals surface area (Å²) in [5, 5.41) is 27.8. The first-order valence-electron chi connectivity index (χ1n) is 38.5. The molecule has 112 heavy (non-hydrogen) atoms. The lowest BCUT2D eigenvalue weighted by Gasteiger charge is -2.48. The van der Waals surface area contributed by atoms with E-state index in [0.717, 1.165) is 118 Å². The topological polar surface area (TPSA) is 215 Å². The Morgan fingerprint density at radius 3 is 1.22 bits per heavy atom. The number of ether oxygens (including phenoxy) is 4. The van der Waals surface area contributed by atoms with Crippen molar-refractivity contribution in [3.63, 3.8) is 0 Å². The van der Waals surface area contributed by atoms with Gasteiger partial charge in [0.05, 0.1) is 32.3 Å². The number of carbonyl (C=O) groups excluding carboxylic acids is 5. The third kappa shape index (κ3) is 13.6. The van der Waals surface area contributed by atoms with Crippen LogP contribution in [0.4, 0.5) is 13.2 Å². The summed E-state index contributed by atoms with van der Waals surface area (Å²) in [4.78, 5) is 66.9. The number of alkyl halides is 3. The number of halogens is 5. The monoisotopic (exact) mass is 1650 g/mol. The summed E-state index contributed by atoms with van der Waals surface area (Å²) in [7, 11) is -15.0. The Labute approximate surface area is 666 Å². The fourth-order valence-electron chi connectivity index (χ4n) is 18.5. The lowest BCUT2D eigenvalue weighted by molar-refractivity contribution is -0.0500. The van der Waals surface area contributed by atoms with Gasteiger partial charge in [0.2, 0.25) is 8.32 Å². The first-order valence-corrected chi connectivity index (χ1v) is 50.8. The van der Waals surface area contributed by atoms with Gasteiger partial charge in [0.1, 0.15) is 58.4 Å². The van der Waals surface area contributed by atoms with Gasteiger partial charge in [0.25, 0.3) is 0 Å². The number of rotatable bonds is 6. The summed E-state index contributed by atoms with van der Waals surface area (Å²) in [6.07, 6.45) is 9.83. The van der Waals surface area contributed by atoms with Crippen molar-refractivity contribution in [2.45, 2.75) is 216 Å². The molecule has 8 aliphatic rings. The maximum absolute atomic E-state index is 13.6. The van der Waals surface area contributed by atoms with E-state index in [1.54, 1.807) is 59.7 Å². The van der Waals surface area contributed by atoms with Crippen LogP contribution >= 0.6 is 23.2 Å². The molecule has 1 unspecified atom stereocenters. The van der Waals surface area contributed by atoms with Gasteiger partial charge in [-0.25, -0.2) is 19.2 Å². The highest BCUT2D eigenvalue weighted by Crippen LogP contribution is 2.55. The van der Waals surface area contributed by atoms with E-state index in [9.17, 15) is 55.8 Å². The summed E-state index contributed by atoms with van der Waals surface area (Å²) < 4.78 is 99.2. The molecule has 5 spiro atoms. The number of fused-ring (bicyclic) bond motifs is 20. The fourth-order valence-corrected chi connectivity index (χ4v) is 37.6. The molecule has 8 aliphatic heterocycles. The maximum atomic E-state index is 13.6. The Hall–Kier alpha value is -8.30. The molecule has 8 aromatic rings. The third-order valence-electron chi connectivity index (χ3n) is 24.4. The largest absolute Gasteiger partial charge is 0.544 e. The summed E-state index contributed by atoms with van der Waals surface area (Å²) in [6, 6.07) is 45.2. The molecule has 0 aliphatic carbocycles. The van der Waals surface area contributed by atoms with Gasteiger partial charge in [0, 0.05) is 44.5 Å². The average Bonchev–Trinajstić information content (AvgIpc) is 1.32. The second-order valence-electron chi connectivity index (χ2n) is 35.0. The molecule has 0 aromatic heterocycles. The molecule has 16 rings (SSSR count). The number of ketones is 1. The number of phenolic OH excluding ortho intramolecular Hbond substituents is 2. The number of hydrogen-bond acceptors (Lipinski definition) is 15. The van der Waals surface area contributed by atoms with Crippen molar-refractivity contribution in [2.75, 3.05) is 0 Å². The van der Waals surface area contributed by atoms with Crippen LogP contribution in [0.1, 0.15) is 222 Å². The highest BCUT2D eigenvalue weighted by atomic mass is 35.5. The zero-order valence-electron chi connectivity index (χ0n) is 65.3. The van der Waals surface area contributed by atoms with Crippen molar-refractivity contribution in [2.24, 2.45) is 0 Å². The Bertz CT molecular complexity index is 5330. The number of hydrogen-bond donors (Lipinski definition) is 2. The van der Waals surface area contributed by atoms with Gasteiger partial charge in [-0.1, -0.05) is 167 Å². The Morgan fingerprint density at radius 2 is 0.804 bits per heavy atom. The molecular weight excluding hydrogens is 1560 g/mol. The van der Waals surface area contributed by atoms with Crippen LogP contribution in [-0.4, -0.2) is 97.5 Å². The third-order valence-corrected chi connectivity index (χ3v) is 46.2. The minimum Gasteiger partial charge on any atom is -0.544 e. The quantitative estimate of drug-likeness (QED) is 0.0520. The molecule has 0 amide bonds. The van der Waals surface area contributed by atoms with Crippen LogP contribution in [0, 0.1) is 13.8 Å². The van der Waals surface area contributed by atoms with Crippen molar-refractivity contribution in [1.29, 1.82) is 0 Å². The number of esters is 4. The van der Waals surface area contributed by atoms with Gasteiger partial charge in [-0.05, 0) is 220 Å². The average molecular weight is 1650 g/mol. The molecule has 2 N–H and O–H groups in total. The van der Waals surface area contributed by atoms with Crippen molar-refractivity contribution >= 4 is 127 Å². The number of phenols is 2. The molecule has 0 saturated carbocycles. The van der Waals surface area contributed by atoms with Gasteiger partial charge in [-0.15, -0.1) is 0 Å². The van der Waals surface area contributed by atoms with Gasteiger partial charge in [0.15, 0.2) is 17.0 Å². The molecule has 3 fully saturated rings. The molecular formula is C87H93Cl2F3O15SSi4. The molecule has 0 bridgehead atoms. The lowest BCUT2D eigenvalue weighted by atomic mass is 9.78. The number of aryl methyl sites for hydroxylation is 2. The number of carbonyl (C=O) groups is 5. The highest BCUT2D eigenvalue weighted by molar-refractivity contribution is 7.88. The van der Waals surface area contributed by atoms with Crippen molar-refractivity contribution < 1.29 is 83.3 Å². The Kier molecular flexibility index (Phi) is 20.3. The van der Waals surface area contributed by atoms with Gasteiger partial charge >= 0.3 is 39.5 Å². The van der Waals surface area contributed by atoms with Crippen LogP contribution in [0.3, 0.4) is 0 Å². The van der Waals surface area contributed by atoms with Crippen molar-refractivity contribution in [3.05, 3.63) is 221 Å². The SMILES string of the molecule is CC(C)(C)OC(=O)c1cc2c(cc1Cl)C(=O)OC21c2ccc(O)cc2[Si]2(CCCCC2)c2cc(O)ccc21.Cc1ccc2c(c1)[Si]1(CCCCC1)c1cc(OS(=O)(=O)C(F)(F)F)ccc1C21OC(=O)c2cc(Cl)c(C(=O)OC(C)(C)C)cc21.Cc1ccc2c(c1)[Si]1(CCCCC1)c1cc(O[Si](C)(C)C(C)(C)C)ccc1C2=O. The van der Waals surface area contributed by atoms with Crippen LogP contribution in [0.2, 0.25) is 64.4 Å². The zero-order chi connectivity index (χ0) is 80.8. The van der Waals surface area contributed by atoms with E-state index >= 15 is 0 Å². The molecule has 3 saturated heterocycles. The molecule has 8 aromatic carbocycles. The first-order chi connectivity index (χ1) is 52.4. The van der Waals surface area contributed by atoms with E-state index in [2.05, 4.69) is 75.3 Å². The van der Waals surface area contributed by atoms with Crippen LogP contribution in [0.15, 0.2) is 133 Å². The van der Waals surface area contributed by atoms with E-state index in [-0.39, 0.29) is 54.6 Å². The van der Waals surface area contributed by atoms with Crippen LogP contribution in [-0.2, 0) is 40.3 Å². The van der Waals surface area contributed by atoms with E-state index in [0.29, 0.717) is 27.4 Å². The van der Waals surface area contributed by atoms with Crippen molar-refractivity contribution in [1.82, 2.24) is 0 Å². The summed E-state index contributed by atoms with van der Waals surface area (Å²) in [6.45, 7) is 26.0. The molecule has 15 nitrogen and oxygen atoms in total. The minimum atomic E-state index is -5.94. The first kappa shape index (κ1) is 80.3. The highest BCUT2D eigenvalue weighted by Gasteiger charge is 2.62. The van der Waals surface area contributed by atoms with Gasteiger partial charge in [-0.2, -0.15) is 21.6 Å². The smallest absolute Gasteiger partial charge is 0.534 e. The van der Waals surface area contributed by atoms with E-state index in [1.165, 1.54) is 77.6 Å². The summed E-state index contributed by atoms with van der Waals surface area (Å²) in [5.41, 5.74) is -1.81. The van der Waals surface area contributed by atoms with Crippen LogP contribution < -0.4 is 39.7 Å². The van der Waals surface area contributed by atoms with Crippen LogP contribution in [0.25, 0.3) is 0 Å². The van der Waals surface area contributed by atoms with E-state index < -0.39 is 100 Å². The lowest BCUT2D eigenvalue weighted by Crippen LogP contribution is -2.67. The molecule has 0 radical (unpaired) electrons. The number of aromatic hydroxyl groups is 2. The second-order valence-corrected chi connectivity index (χ2v) is 54.8. The summed E-state index contributed by atoms with van der Waals surface area (Å²) in [5.74, 6) is -1.54. The molecule has 25 heteroatoms. The van der Waals surface area contributed by atoms with Gasteiger partial charge in [-0.3, -0.25) is 4.79 Å². The Balaban J connectivity index is 0.000000143. The van der Waals surface area contributed by atoms with Gasteiger partial charge < -0.3 is 37.8 Å². The number of benzene rings is 8. The summed E-state index contributed by atoms with van der Waals surface area (Å²) >= 11 is 13.0. The predicted octanol–water partition coefficient (Wildman–Crippen LogP) is 17.3. The predicted molar refractivity (Wildman–Crippen MR) is 438 cm³/mol. The second kappa shape index (κ2) is 28.3. The molecule has 8 heterocycles.